The van der Waals surface area contributed by atoms with E-state index in [0.717, 1.165) is 16.0 Å². The Morgan fingerprint density at radius 1 is 0.938 bits per heavy atom. The van der Waals surface area contributed by atoms with E-state index >= 15 is 0 Å². The molecule has 0 unspecified atom stereocenters. The molecular weight excluding hydrogens is 430 g/mol. The van der Waals surface area contributed by atoms with Gasteiger partial charge in [-0.05, 0) is 60.9 Å². The zero-order valence-corrected chi connectivity index (χ0v) is 18.0. The van der Waals surface area contributed by atoms with Crippen LogP contribution in [-0.4, -0.2) is 16.7 Å². The number of aryl methyl sites for hydroxylation is 2. The lowest BCUT2D eigenvalue weighted by molar-refractivity contribution is -0.384. The third-order valence-corrected chi connectivity index (χ3v) is 5.52. The molecule has 0 radical (unpaired) electrons. The fourth-order valence-corrected chi connectivity index (χ4v) is 3.74. The van der Waals surface area contributed by atoms with Crippen LogP contribution in [0.4, 0.5) is 17.1 Å². The molecule has 0 spiro atoms. The first-order chi connectivity index (χ1) is 15.3. The van der Waals surface area contributed by atoms with Crippen LogP contribution in [-0.2, 0) is 9.59 Å². The van der Waals surface area contributed by atoms with Crippen molar-refractivity contribution in [1.82, 2.24) is 0 Å². The van der Waals surface area contributed by atoms with Crippen LogP contribution in [0.2, 0.25) is 5.02 Å². The summed E-state index contributed by atoms with van der Waals surface area (Å²) < 4.78 is 0. The highest BCUT2D eigenvalue weighted by Gasteiger charge is 2.41. The van der Waals surface area contributed by atoms with Gasteiger partial charge >= 0.3 is 0 Å². The molecule has 7 nitrogen and oxygen atoms in total. The highest BCUT2D eigenvalue weighted by Crippen LogP contribution is 2.37. The van der Waals surface area contributed by atoms with E-state index < -0.39 is 16.7 Å². The van der Waals surface area contributed by atoms with Crippen molar-refractivity contribution in [3.05, 3.63) is 104 Å². The number of nitro groups is 1. The summed E-state index contributed by atoms with van der Waals surface area (Å²) in [6, 6.07) is 17.8. The molecule has 3 aromatic rings. The van der Waals surface area contributed by atoms with E-state index in [-0.39, 0.29) is 27.7 Å². The van der Waals surface area contributed by atoms with Crippen molar-refractivity contribution in [2.75, 3.05) is 10.2 Å². The fourth-order valence-electron chi connectivity index (χ4n) is 3.52. The number of imide groups is 1. The first kappa shape index (κ1) is 21.3. The molecule has 4 rings (SSSR count). The minimum atomic E-state index is -0.565. The summed E-state index contributed by atoms with van der Waals surface area (Å²) in [6.07, 6.45) is 0. The highest BCUT2D eigenvalue weighted by atomic mass is 35.5. The van der Waals surface area contributed by atoms with Gasteiger partial charge in [0.25, 0.3) is 17.5 Å². The number of carbonyl (C=O) groups excluding carboxylic acids is 2. The molecule has 160 valence electrons. The number of benzene rings is 3. The molecule has 8 heteroatoms. The molecule has 0 atom stereocenters. The van der Waals surface area contributed by atoms with Crippen LogP contribution >= 0.6 is 11.6 Å². The number of para-hydroxylation sites is 1. The molecule has 0 fully saturated rings. The first-order valence-electron chi connectivity index (χ1n) is 9.74. The quantitative estimate of drug-likeness (QED) is 0.327. The van der Waals surface area contributed by atoms with Crippen LogP contribution < -0.4 is 10.2 Å². The predicted octanol–water partition coefficient (Wildman–Crippen LogP) is 5.26. The Balaban J connectivity index is 1.86. The molecule has 1 N–H and O–H groups in total. The van der Waals surface area contributed by atoms with Crippen molar-refractivity contribution in [1.29, 1.82) is 0 Å². The molecule has 1 aliphatic rings. The number of hydrogen-bond donors (Lipinski definition) is 1. The molecule has 0 saturated heterocycles. The van der Waals surface area contributed by atoms with E-state index in [1.807, 2.05) is 32.0 Å². The second kappa shape index (κ2) is 8.28. The van der Waals surface area contributed by atoms with Crippen LogP contribution in [0, 0.1) is 24.0 Å². The van der Waals surface area contributed by atoms with Crippen molar-refractivity contribution < 1.29 is 14.5 Å². The molecule has 2 amide bonds. The molecule has 0 aromatic heterocycles. The Labute approximate surface area is 189 Å². The zero-order chi connectivity index (χ0) is 23.0. The lowest BCUT2D eigenvalue weighted by atomic mass is 10.0. The number of non-ortho nitro benzene ring substituents is 1. The summed E-state index contributed by atoms with van der Waals surface area (Å²) in [5.41, 5.74) is 3.29. The summed E-state index contributed by atoms with van der Waals surface area (Å²) in [5.74, 6) is -1.12. The Morgan fingerprint density at radius 3 is 2.28 bits per heavy atom. The van der Waals surface area contributed by atoms with E-state index in [2.05, 4.69) is 5.32 Å². The number of amides is 2. The average molecular weight is 448 g/mol. The second-order valence-corrected chi connectivity index (χ2v) is 7.80. The van der Waals surface area contributed by atoms with Gasteiger partial charge in [-0.2, -0.15) is 0 Å². The molecule has 0 bridgehead atoms. The van der Waals surface area contributed by atoms with Crippen LogP contribution in [0.25, 0.3) is 5.57 Å². The van der Waals surface area contributed by atoms with E-state index in [4.69, 9.17) is 11.6 Å². The molecule has 0 saturated carbocycles. The third-order valence-electron chi connectivity index (χ3n) is 5.20. The van der Waals surface area contributed by atoms with Crippen molar-refractivity contribution in [2.45, 2.75) is 13.8 Å². The number of rotatable bonds is 5. The van der Waals surface area contributed by atoms with Crippen molar-refractivity contribution >= 4 is 46.1 Å². The Bertz CT molecular complexity index is 1300. The number of carbonyl (C=O) groups is 2. The number of halogens is 1. The Kier molecular flexibility index (Phi) is 5.50. The van der Waals surface area contributed by atoms with Gasteiger partial charge in [0, 0.05) is 17.8 Å². The maximum atomic E-state index is 13.5. The van der Waals surface area contributed by atoms with Crippen LogP contribution in [0.5, 0.6) is 0 Å². The minimum absolute atomic E-state index is 0.0810. The highest BCUT2D eigenvalue weighted by molar-refractivity contribution is 6.48. The van der Waals surface area contributed by atoms with Gasteiger partial charge in [0.15, 0.2) is 0 Å². The molecular formula is C24H18ClN3O4. The lowest BCUT2D eigenvalue weighted by Crippen LogP contribution is -2.32. The summed E-state index contributed by atoms with van der Waals surface area (Å²) in [6.45, 7) is 3.81. The number of anilines is 2. The topological polar surface area (TPSA) is 92.6 Å². The normalized spacial score (nSPS) is 13.7. The van der Waals surface area contributed by atoms with E-state index in [1.54, 1.807) is 24.3 Å². The van der Waals surface area contributed by atoms with E-state index in [9.17, 15) is 19.7 Å². The second-order valence-electron chi connectivity index (χ2n) is 7.39. The van der Waals surface area contributed by atoms with Gasteiger partial charge in [-0.15, -0.1) is 0 Å². The Hall–Kier alpha value is -3.97. The first-order valence-corrected chi connectivity index (χ1v) is 10.1. The van der Waals surface area contributed by atoms with E-state index in [0.29, 0.717) is 11.3 Å². The summed E-state index contributed by atoms with van der Waals surface area (Å²) in [4.78, 5) is 38.4. The lowest BCUT2D eigenvalue weighted by Gasteiger charge is -2.17. The number of nitrogens with zero attached hydrogens (tertiary/aromatic N) is 2. The van der Waals surface area contributed by atoms with Crippen molar-refractivity contribution in [3.8, 4) is 0 Å². The SMILES string of the molecule is Cc1ccc(C)c(NC2=C(c3ccc([N+](=O)[O-])cc3)C(=O)N(c3ccccc3Cl)C2=O)c1. The smallest absolute Gasteiger partial charge is 0.282 e. The van der Waals surface area contributed by atoms with Gasteiger partial charge in [0.1, 0.15) is 5.70 Å². The van der Waals surface area contributed by atoms with Gasteiger partial charge < -0.3 is 5.32 Å². The van der Waals surface area contributed by atoms with Crippen LogP contribution in [0.15, 0.2) is 72.4 Å². The molecule has 1 aliphatic heterocycles. The largest absolute Gasteiger partial charge is 0.350 e. The summed E-state index contributed by atoms with van der Waals surface area (Å²) in [7, 11) is 0. The predicted molar refractivity (Wildman–Crippen MR) is 124 cm³/mol. The average Bonchev–Trinajstić information content (AvgIpc) is 3.00. The number of nitrogens with one attached hydrogen (secondary N) is 1. The maximum Gasteiger partial charge on any atom is 0.282 e. The standard InChI is InChI=1S/C24H18ClN3O4/c1-14-7-8-15(2)19(13-14)26-22-21(16-9-11-17(12-10-16)28(31)32)23(29)27(24(22)30)20-6-4-3-5-18(20)25/h3-13,26H,1-2H3. The van der Waals surface area contributed by atoms with Gasteiger partial charge in [0.05, 0.1) is 21.2 Å². The van der Waals surface area contributed by atoms with Crippen molar-refractivity contribution in [3.63, 3.8) is 0 Å². The summed E-state index contributed by atoms with van der Waals surface area (Å²) >= 11 is 6.28. The fraction of sp³-hybridized carbons (Fsp3) is 0.0833. The van der Waals surface area contributed by atoms with Crippen LogP contribution in [0.1, 0.15) is 16.7 Å². The van der Waals surface area contributed by atoms with Gasteiger partial charge in [-0.1, -0.05) is 35.9 Å². The summed E-state index contributed by atoms with van der Waals surface area (Å²) in [5, 5.41) is 14.4. The van der Waals surface area contributed by atoms with Crippen LogP contribution in [0.3, 0.4) is 0 Å². The van der Waals surface area contributed by atoms with Gasteiger partial charge in [-0.25, -0.2) is 4.90 Å². The Morgan fingerprint density at radius 2 is 1.62 bits per heavy atom. The van der Waals surface area contributed by atoms with Gasteiger partial charge in [-0.3, -0.25) is 19.7 Å². The van der Waals surface area contributed by atoms with Gasteiger partial charge in [0.2, 0.25) is 0 Å². The monoisotopic (exact) mass is 447 g/mol. The molecule has 1 heterocycles. The van der Waals surface area contributed by atoms with Crippen molar-refractivity contribution in [2.24, 2.45) is 0 Å². The van der Waals surface area contributed by atoms with E-state index in [1.165, 1.54) is 24.3 Å². The third kappa shape index (κ3) is 3.74. The molecule has 3 aromatic carbocycles. The minimum Gasteiger partial charge on any atom is -0.350 e. The molecule has 0 aliphatic carbocycles. The molecule has 32 heavy (non-hydrogen) atoms. The number of nitro benzene ring substituents is 1. The maximum absolute atomic E-state index is 13.5. The zero-order valence-electron chi connectivity index (χ0n) is 17.3. The number of hydrogen-bond acceptors (Lipinski definition) is 5.